The van der Waals surface area contributed by atoms with Gasteiger partial charge in [0.05, 0.1) is 21.5 Å². The Morgan fingerprint density at radius 1 is 1.56 bits per heavy atom. The van der Waals surface area contributed by atoms with Crippen molar-refractivity contribution in [3.05, 3.63) is 28.0 Å². The molecule has 1 heterocycles. The molecule has 0 fully saturated rings. The summed E-state index contributed by atoms with van der Waals surface area (Å²) >= 11 is 11.4. The van der Waals surface area contributed by atoms with Crippen molar-refractivity contribution < 1.29 is 4.79 Å². The van der Waals surface area contributed by atoms with Crippen LogP contribution in [0.1, 0.15) is 13.8 Å². The molecule has 3 N–H and O–H groups in total. The van der Waals surface area contributed by atoms with Gasteiger partial charge in [-0.25, -0.2) is 0 Å². The maximum absolute atomic E-state index is 11.4. The molecule has 0 atom stereocenters. The zero-order valence-corrected chi connectivity index (χ0v) is 11.7. The molecule has 0 aliphatic carbocycles. The second-order valence-electron chi connectivity index (χ2n) is 4.90. The van der Waals surface area contributed by atoms with Gasteiger partial charge in [0.1, 0.15) is 0 Å². The number of para-hydroxylation sites is 1. The van der Waals surface area contributed by atoms with Gasteiger partial charge in [0.2, 0.25) is 5.91 Å². The minimum atomic E-state index is -0.688. The molecule has 6 heteroatoms. The predicted octanol–water partition coefficient (Wildman–Crippen LogP) is 2.86. The van der Waals surface area contributed by atoms with E-state index in [9.17, 15) is 4.79 Å². The van der Waals surface area contributed by atoms with Crippen molar-refractivity contribution in [3.63, 3.8) is 0 Å². The van der Waals surface area contributed by atoms with Gasteiger partial charge in [-0.3, -0.25) is 4.79 Å². The Balaban J connectivity index is 2.62. The van der Waals surface area contributed by atoms with Crippen molar-refractivity contribution in [1.29, 1.82) is 0 Å². The highest BCUT2D eigenvalue weighted by Gasteiger charge is 2.27. The number of benzene rings is 1. The van der Waals surface area contributed by atoms with Gasteiger partial charge in [0, 0.05) is 6.54 Å². The number of nitrogens with two attached hydrogens (primary N) is 1. The molecule has 0 spiro atoms. The van der Waals surface area contributed by atoms with Crippen LogP contribution >= 0.6 is 23.8 Å². The van der Waals surface area contributed by atoms with E-state index in [1.807, 2.05) is 16.7 Å². The van der Waals surface area contributed by atoms with Crippen LogP contribution in [0.2, 0.25) is 5.02 Å². The number of aromatic amines is 1. The summed E-state index contributed by atoms with van der Waals surface area (Å²) in [4.78, 5) is 14.5. The van der Waals surface area contributed by atoms with Crippen LogP contribution in [-0.2, 0) is 11.3 Å². The van der Waals surface area contributed by atoms with Crippen molar-refractivity contribution in [1.82, 2.24) is 9.55 Å². The van der Waals surface area contributed by atoms with Crippen molar-refractivity contribution >= 4 is 40.8 Å². The lowest BCUT2D eigenvalue weighted by molar-refractivity contribution is -0.126. The number of fused-ring (bicyclic) bond motifs is 1. The molecule has 0 unspecified atom stereocenters. The standard InChI is InChI=1S/C12H14ClN3OS/c1-12(2,10(14)17)6-16-9-7(13)4-3-5-8(9)15-11(16)18/h3-5H,6H2,1-2H3,(H2,14,17)(H,15,18). The first-order valence-corrected chi connectivity index (χ1v) is 6.28. The lowest BCUT2D eigenvalue weighted by atomic mass is 9.92. The minimum absolute atomic E-state index is 0.370. The van der Waals surface area contributed by atoms with E-state index in [0.717, 1.165) is 11.0 Å². The highest BCUT2D eigenvalue weighted by molar-refractivity contribution is 7.71. The van der Waals surface area contributed by atoms with Crippen LogP contribution in [0, 0.1) is 10.2 Å². The van der Waals surface area contributed by atoms with E-state index in [-0.39, 0.29) is 5.91 Å². The zero-order valence-electron chi connectivity index (χ0n) is 10.2. The molecule has 2 rings (SSSR count). The van der Waals surface area contributed by atoms with E-state index in [0.29, 0.717) is 16.3 Å². The molecule has 1 aromatic carbocycles. The first-order chi connectivity index (χ1) is 8.33. The van der Waals surface area contributed by atoms with E-state index in [1.54, 1.807) is 19.9 Å². The second kappa shape index (κ2) is 4.40. The zero-order chi connectivity index (χ0) is 13.5. The third-order valence-electron chi connectivity index (χ3n) is 2.96. The molecule has 0 aliphatic rings. The summed E-state index contributed by atoms with van der Waals surface area (Å²) < 4.78 is 2.35. The number of imidazole rings is 1. The van der Waals surface area contributed by atoms with Crippen LogP contribution < -0.4 is 5.73 Å². The highest BCUT2D eigenvalue weighted by atomic mass is 35.5. The summed E-state index contributed by atoms with van der Waals surface area (Å²) in [6.45, 7) is 3.96. The molecule has 1 amide bonds. The number of carbonyl (C=O) groups is 1. The molecular weight excluding hydrogens is 270 g/mol. The third kappa shape index (κ3) is 2.15. The van der Waals surface area contributed by atoms with Gasteiger partial charge >= 0.3 is 0 Å². The van der Waals surface area contributed by atoms with Gasteiger partial charge in [-0.1, -0.05) is 17.7 Å². The average molecular weight is 284 g/mol. The molecule has 0 bridgehead atoms. The van der Waals surface area contributed by atoms with E-state index in [2.05, 4.69) is 4.98 Å². The van der Waals surface area contributed by atoms with Gasteiger partial charge in [0.15, 0.2) is 4.77 Å². The second-order valence-corrected chi connectivity index (χ2v) is 5.69. The summed E-state index contributed by atoms with van der Waals surface area (Å²) in [5, 5.41) is 0.597. The van der Waals surface area contributed by atoms with Crippen LogP contribution in [0.15, 0.2) is 18.2 Å². The summed E-state index contributed by atoms with van der Waals surface area (Å²) in [5.74, 6) is -0.370. The number of hydrogen-bond donors (Lipinski definition) is 2. The Labute approximate surface area is 115 Å². The monoisotopic (exact) mass is 283 g/mol. The Hall–Kier alpha value is -1.33. The normalized spacial score (nSPS) is 11.9. The summed E-state index contributed by atoms with van der Waals surface area (Å²) in [6.07, 6.45) is 0. The number of amides is 1. The maximum Gasteiger partial charge on any atom is 0.224 e. The molecule has 4 nitrogen and oxygen atoms in total. The number of aromatic nitrogens is 2. The van der Waals surface area contributed by atoms with Gasteiger partial charge in [-0.2, -0.15) is 0 Å². The molecule has 0 saturated carbocycles. The topological polar surface area (TPSA) is 63.8 Å². The van der Waals surface area contributed by atoms with E-state index in [1.165, 1.54) is 0 Å². The number of primary amides is 1. The summed E-state index contributed by atoms with van der Waals surface area (Å²) in [5.41, 5.74) is 6.36. The van der Waals surface area contributed by atoms with Gasteiger partial charge in [-0.05, 0) is 38.2 Å². The molecule has 0 aliphatic heterocycles. The van der Waals surface area contributed by atoms with E-state index < -0.39 is 5.41 Å². The highest BCUT2D eigenvalue weighted by Crippen LogP contribution is 2.27. The Morgan fingerprint density at radius 2 is 2.22 bits per heavy atom. The molecule has 96 valence electrons. The lowest BCUT2D eigenvalue weighted by Crippen LogP contribution is -2.35. The van der Waals surface area contributed by atoms with Crippen LogP contribution in [0.25, 0.3) is 11.0 Å². The number of H-pyrrole nitrogens is 1. The smallest absolute Gasteiger partial charge is 0.224 e. The van der Waals surface area contributed by atoms with Gasteiger partial charge in [-0.15, -0.1) is 0 Å². The minimum Gasteiger partial charge on any atom is -0.369 e. The van der Waals surface area contributed by atoms with Gasteiger partial charge < -0.3 is 15.3 Å². The Kier molecular flexibility index (Phi) is 3.21. The molecule has 0 radical (unpaired) electrons. The number of carbonyl (C=O) groups excluding carboxylic acids is 1. The fraction of sp³-hybridized carbons (Fsp3) is 0.333. The number of halogens is 1. The summed E-state index contributed by atoms with van der Waals surface area (Å²) in [7, 11) is 0. The van der Waals surface area contributed by atoms with Crippen LogP contribution in [-0.4, -0.2) is 15.5 Å². The van der Waals surface area contributed by atoms with Crippen molar-refractivity contribution in [3.8, 4) is 0 Å². The summed E-state index contributed by atoms with van der Waals surface area (Å²) in [6, 6.07) is 5.53. The average Bonchev–Trinajstić information content (AvgIpc) is 2.56. The first kappa shape index (κ1) is 13.1. The molecule has 0 saturated heterocycles. The van der Waals surface area contributed by atoms with Gasteiger partial charge in [0.25, 0.3) is 0 Å². The van der Waals surface area contributed by atoms with Crippen LogP contribution in [0.4, 0.5) is 0 Å². The molecule has 18 heavy (non-hydrogen) atoms. The quantitative estimate of drug-likeness (QED) is 0.851. The van der Waals surface area contributed by atoms with Crippen molar-refractivity contribution in [2.75, 3.05) is 0 Å². The van der Waals surface area contributed by atoms with Crippen molar-refractivity contribution in [2.45, 2.75) is 20.4 Å². The van der Waals surface area contributed by atoms with E-state index >= 15 is 0 Å². The molecule has 1 aromatic heterocycles. The molecule has 2 aromatic rings. The predicted molar refractivity (Wildman–Crippen MR) is 75.1 cm³/mol. The fourth-order valence-electron chi connectivity index (χ4n) is 1.80. The number of rotatable bonds is 3. The number of nitrogens with one attached hydrogen (secondary N) is 1. The van der Waals surface area contributed by atoms with Crippen molar-refractivity contribution in [2.24, 2.45) is 11.1 Å². The first-order valence-electron chi connectivity index (χ1n) is 5.50. The number of nitrogens with zero attached hydrogens (tertiary/aromatic N) is 1. The third-order valence-corrected chi connectivity index (χ3v) is 3.59. The van der Waals surface area contributed by atoms with E-state index in [4.69, 9.17) is 29.6 Å². The number of hydrogen-bond acceptors (Lipinski definition) is 2. The lowest BCUT2D eigenvalue weighted by Gasteiger charge is -2.21. The largest absolute Gasteiger partial charge is 0.369 e. The van der Waals surface area contributed by atoms with Crippen LogP contribution in [0.3, 0.4) is 0 Å². The maximum atomic E-state index is 11.4. The Bertz CT molecular complexity index is 672. The fourth-order valence-corrected chi connectivity index (χ4v) is 2.34. The Morgan fingerprint density at radius 3 is 2.83 bits per heavy atom. The molecular formula is C12H14ClN3OS. The SMILES string of the molecule is CC(C)(Cn1c(=S)[nH]c2cccc(Cl)c21)C(N)=O. The van der Waals surface area contributed by atoms with Crippen LogP contribution in [0.5, 0.6) is 0 Å².